The summed E-state index contributed by atoms with van der Waals surface area (Å²) in [4.78, 5) is 18.6. The Hall–Kier alpha value is -3.40. The zero-order chi connectivity index (χ0) is 21.2. The largest absolute Gasteiger partial charge is 0.416 e. The van der Waals surface area contributed by atoms with E-state index in [-0.39, 0.29) is 22.6 Å². The summed E-state index contributed by atoms with van der Waals surface area (Å²) in [6, 6.07) is 10.2. The summed E-state index contributed by atoms with van der Waals surface area (Å²) in [6.45, 7) is 0. The highest BCUT2D eigenvalue weighted by Crippen LogP contribution is 2.37. The number of anilines is 3. The van der Waals surface area contributed by atoms with Gasteiger partial charge in [0.15, 0.2) is 0 Å². The van der Waals surface area contributed by atoms with Gasteiger partial charge in [-0.05, 0) is 35.4 Å². The highest BCUT2D eigenvalue weighted by molar-refractivity contribution is 6.28. The molecule has 0 aliphatic heterocycles. The summed E-state index contributed by atoms with van der Waals surface area (Å²) in [5.41, 5.74) is 0.170. The predicted molar refractivity (Wildman–Crippen MR) is 103 cm³/mol. The van der Waals surface area contributed by atoms with Crippen LogP contribution in [0.2, 0.25) is 5.28 Å². The van der Waals surface area contributed by atoms with Crippen LogP contribution in [0.25, 0.3) is 11.1 Å². The van der Waals surface area contributed by atoms with Crippen molar-refractivity contribution in [2.45, 2.75) is 6.18 Å². The highest BCUT2D eigenvalue weighted by atomic mass is 35.5. The van der Waals surface area contributed by atoms with Gasteiger partial charge in [-0.15, -0.1) is 0 Å². The van der Waals surface area contributed by atoms with Gasteiger partial charge in [-0.3, -0.25) is 10.1 Å². The fraction of sp³-hybridized carbons (Fsp3) is 0.111. The second-order valence-corrected chi connectivity index (χ2v) is 6.16. The van der Waals surface area contributed by atoms with Crippen LogP contribution in [-0.4, -0.2) is 21.9 Å². The van der Waals surface area contributed by atoms with Gasteiger partial charge >= 0.3 is 6.18 Å². The van der Waals surface area contributed by atoms with E-state index in [1.165, 1.54) is 30.3 Å². The highest BCUT2D eigenvalue weighted by Gasteiger charge is 2.30. The van der Waals surface area contributed by atoms with Gasteiger partial charge in [0.25, 0.3) is 5.69 Å². The summed E-state index contributed by atoms with van der Waals surface area (Å²) in [6.07, 6.45) is -4.47. The molecule has 0 atom stereocenters. The lowest BCUT2D eigenvalue weighted by atomic mass is 10.0. The van der Waals surface area contributed by atoms with Crippen LogP contribution in [0.3, 0.4) is 0 Å². The number of nitro benzene ring substituents is 1. The molecular formula is C18H13ClF3N5O2. The zero-order valence-corrected chi connectivity index (χ0v) is 15.5. The van der Waals surface area contributed by atoms with Crippen molar-refractivity contribution in [3.05, 3.63) is 69.5 Å². The molecule has 0 saturated carbocycles. The smallest absolute Gasteiger partial charge is 0.372 e. The maximum atomic E-state index is 12.9. The Morgan fingerprint density at radius 3 is 2.31 bits per heavy atom. The van der Waals surface area contributed by atoms with Crippen LogP contribution in [0.4, 0.5) is 36.2 Å². The summed E-state index contributed by atoms with van der Waals surface area (Å²) in [7, 11) is 1.57. The Balaban J connectivity index is 2.09. The molecule has 3 rings (SSSR count). The molecule has 0 aliphatic rings. The third-order valence-corrected chi connectivity index (χ3v) is 4.11. The van der Waals surface area contributed by atoms with Crippen LogP contribution in [0.15, 0.2) is 48.5 Å². The number of hydrogen-bond acceptors (Lipinski definition) is 6. The maximum Gasteiger partial charge on any atom is 0.416 e. The third-order valence-electron chi connectivity index (χ3n) is 3.94. The number of benzene rings is 2. The molecular weight excluding hydrogens is 411 g/mol. The van der Waals surface area contributed by atoms with E-state index in [2.05, 4.69) is 20.6 Å². The Bertz CT molecular complexity index is 1060. The van der Waals surface area contributed by atoms with Gasteiger partial charge in [0, 0.05) is 24.9 Å². The minimum atomic E-state index is -4.47. The molecule has 0 amide bonds. The van der Waals surface area contributed by atoms with Gasteiger partial charge in [0.05, 0.1) is 16.1 Å². The van der Waals surface area contributed by atoms with Crippen molar-refractivity contribution in [2.24, 2.45) is 0 Å². The first kappa shape index (κ1) is 20.3. The molecule has 2 N–H and O–H groups in total. The van der Waals surface area contributed by atoms with Crippen molar-refractivity contribution < 1.29 is 18.1 Å². The minimum absolute atomic E-state index is 0.113. The van der Waals surface area contributed by atoms with E-state index in [0.29, 0.717) is 16.8 Å². The lowest BCUT2D eigenvalue weighted by Gasteiger charge is -2.16. The lowest BCUT2D eigenvalue weighted by Crippen LogP contribution is -2.06. The average Bonchev–Trinajstić information content (AvgIpc) is 2.67. The molecule has 0 bridgehead atoms. The predicted octanol–water partition coefficient (Wildman–Crippen LogP) is 5.51. The van der Waals surface area contributed by atoms with Crippen molar-refractivity contribution in [1.82, 2.24) is 9.97 Å². The molecule has 150 valence electrons. The number of rotatable bonds is 5. The van der Waals surface area contributed by atoms with Crippen LogP contribution in [-0.2, 0) is 6.18 Å². The molecule has 0 aliphatic carbocycles. The van der Waals surface area contributed by atoms with Crippen molar-refractivity contribution in [2.75, 3.05) is 17.7 Å². The third kappa shape index (κ3) is 4.54. The second-order valence-electron chi connectivity index (χ2n) is 5.82. The quantitative estimate of drug-likeness (QED) is 0.319. The summed E-state index contributed by atoms with van der Waals surface area (Å²) >= 11 is 5.96. The number of nitrogens with one attached hydrogen (secondary N) is 2. The normalized spacial score (nSPS) is 11.2. The van der Waals surface area contributed by atoms with Crippen LogP contribution in [0.5, 0.6) is 0 Å². The first-order valence-electron chi connectivity index (χ1n) is 8.13. The topological polar surface area (TPSA) is 93.0 Å². The van der Waals surface area contributed by atoms with Crippen molar-refractivity contribution in [3.8, 4) is 11.1 Å². The molecule has 11 heteroatoms. The molecule has 29 heavy (non-hydrogen) atoms. The molecule has 3 aromatic rings. The van der Waals surface area contributed by atoms with E-state index >= 15 is 0 Å². The lowest BCUT2D eigenvalue weighted by molar-refractivity contribution is -0.384. The Morgan fingerprint density at radius 2 is 1.72 bits per heavy atom. The average molecular weight is 424 g/mol. The van der Waals surface area contributed by atoms with Gasteiger partial charge in [-0.25, -0.2) is 4.98 Å². The summed E-state index contributed by atoms with van der Waals surface area (Å²) in [5, 5.41) is 16.6. The van der Waals surface area contributed by atoms with Crippen LogP contribution < -0.4 is 10.6 Å². The summed E-state index contributed by atoms with van der Waals surface area (Å²) < 4.78 is 38.6. The molecule has 0 unspecified atom stereocenters. The van der Waals surface area contributed by atoms with E-state index in [4.69, 9.17) is 11.6 Å². The summed E-state index contributed by atoms with van der Waals surface area (Å²) in [5.74, 6) is 0.451. The fourth-order valence-corrected chi connectivity index (χ4v) is 2.81. The second kappa shape index (κ2) is 7.92. The SMILES string of the molecule is CNc1nc(Cl)nc(Nc2cccc([N+](=O)[O-])c2)c1-c1ccc(C(F)(F)F)cc1. The van der Waals surface area contributed by atoms with E-state index in [1.807, 2.05) is 0 Å². The van der Waals surface area contributed by atoms with Crippen LogP contribution in [0, 0.1) is 10.1 Å². The molecule has 2 aromatic carbocycles. The van der Waals surface area contributed by atoms with E-state index in [1.54, 1.807) is 13.1 Å². The maximum absolute atomic E-state index is 12.9. The first-order valence-corrected chi connectivity index (χ1v) is 8.51. The molecule has 1 aromatic heterocycles. The number of aromatic nitrogens is 2. The Labute approximate surface area is 167 Å². The van der Waals surface area contributed by atoms with Crippen molar-refractivity contribution >= 4 is 34.6 Å². The van der Waals surface area contributed by atoms with Crippen LogP contribution in [0.1, 0.15) is 5.56 Å². The zero-order valence-electron chi connectivity index (χ0n) is 14.8. The number of non-ortho nitro benzene ring substituents is 1. The number of alkyl halides is 3. The minimum Gasteiger partial charge on any atom is -0.372 e. The first-order chi connectivity index (χ1) is 13.7. The number of nitro groups is 1. The van der Waals surface area contributed by atoms with Gasteiger partial charge in [0.2, 0.25) is 5.28 Å². The number of halogens is 4. The van der Waals surface area contributed by atoms with Crippen LogP contribution >= 0.6 is 11.6 Å². The molecule has 0 fully saturated rings. The fourth-order valence-electron chi connectivity index (χ4n) is 2.64. The molecule has 0 spiro atoms. The number of hydrogen-bond donors (Lipinski definition) is 2. The Morgan fingerprint density at radius 1 is 1.07 bits per heavy atom. The monoisotopic (exact) mass is 423 g/mol. The van der Waals surface area contributed by atoms with Gasteiger partial charge < -0.3 is 10.6 Å². The van der Waals surface area contributed by atoms with Gasteiger partial charge in [0.1, 0.15) is 11.6 Å². The van der Waals surface area contributed by atoms with E-state index in [9.17, 15) is 23.3 Å². The van der Waals surface area contributed by atoms with Gasteiger partial charge in [-0.1, -0.05) is 18.2 Å². The van der Waals surface area contributed by atoms with E-state index in [0.717, 1.165) is 12.1 Å². The van der Waals surface area contributed by atoms with Gasteiger partial charge in [-0.2, -0.15) is 18.2 Å². The van der Waals surface area contributed by atoms with Crippen molar-refractivity contribution in [3.63, 3.8) is 0 Å². The van der Waals surface area contributed by atoms with Crippen molar-refractivity contribution in [1.29, 1.82) is 0 Å². The standard InChI is InChI=1S/C18H13ClF3N5O2/c1-23-15-14(10-5-7-11(8-6-10)18(20,21)22)16(26-17(19)25-15)24-12-3-2-4-13(9-12)27(28)29/h2-9H,1H3,(H2,23,24,25,26). The molecule has 0 radical (unpaired) electrons. The molecule has 7 nitrogen and oxygen atoms in total. The number of nitrogens with zero attached hydrogens (tertiary/aromatic N) is 3. The molecule has 1 heterocycles. The molecule has 0 saturated heterocycles. The van der Waals surface area contributed by atoms with E-state index < -0.39 is 16.7 Å². The Kier molecular flexibility index (Phi) is 5.55.